The Morgan fingerprint density at radius 3 is 2.74 bits per heavy atom. The molecule has 182 valence electrons. The van der Waals surface area contributed by atoms with Gasteiger partial charge in [0.2, 0.25) is 17.3 Å². The predicted molar refractivity (Wildman–Crippen MR) is 116 cm³/mol. The summed E-state index contributed by atoms with van der Waals surface area (Å²) in [6.45, 7) is 4.56. The molecule has 0 spiro atoms. The third-order valence-corrected chi connectivity index (χ3v) is 6.12. The molecule has 0 aromatic carbocycles. The lowest BCUT2D eigenvalue weighted by molar-refractivity contribution is 0.0541. The molecule has 2 atom stereocenters. The van der Waals surface area contributed by atoms with Crippen molar-refractivity contribution >= 4 is 11.8 Å². The molecule has 2 aromatic rings. The molecule has 2 aliphatic rings. The summed E-state index contributed by atoms with van der Waals surface area (Å²) >= 11 is 0. The predicted octanol–water partition coefficient (Wildman–Crippen LogP) is 1.10. The molecule has 34 heavy (non-hydrogen) atoms. The minimum atomic E-state index is -1.09. The van der Waals surface area contributed by atoms with E-state index in [1.54, 1.807) is 18.9 Å². The summed E-state index contributed by atoms with van der Waals surface area (Å²) in [5.41, 5.74) is -1.79. The smallest absolute Gasteiger partial charge is 0.278 e. The van der Waals surface area contributed by atoms with Gasteiger partial charge < -0.3 is 20.1 Å². The zero-order valence-electron chi connectivity index (χ0n) is 18.8. The van der Waals surface area contributed by atoms with Crippen LogP contribution < -0.4 is 15.8 Å². The molecule has 0 aliphatic carbocycles. The van der Waals surface area contributed by atoms with Gasteiger partial charge in [-0.3, -0.25) is 24.1 Å². The Kier molecular flexibility index (Phi) is 6.51. The Morgan fingerprint density at radius 2 is 2.09 bits per heavy atom. The standard InChI is InChI=1S/C22H25F2N5O5/c1-3-27-12(2)28(10-14-5-4-8-34-14)29-11-15(18(30)19(31)17(29)22(27)33)21(32)25-9-13-6-7-16(23)26-20(13)24/h6-7,11-12,14,31H,3-5,8-10H2,1-2H3,(H,25,32)/t12-,14-/m0/s1. The van der Waals surface area contributed by atoms with E-state index in [-0.39, 0.29) is 23.9 Å². The van der Waals surface area contributed by atoms with Gasteiger partial charge in [0.05, 0.1) is 12.6 Å². The molecule has 0 bridgehead atoms. The first-order chi connectivity index (χ1) is 16.2. The number of hydrogen-bond acceptors (Lipinski definition) is 7. The molecule has 2 aromatic heterocycles. The second-order valence-corrected chi connectivity index (χ2v) is 8.16. The zero-order chi connectivity index (χ0) is 24.6. The number of carbonyl (C=O) groups excluding carboxylic acids is 2. The molecule has 12 heteroatoms. The van der Waals surface area contributed by atoms with Crippen molar-refractivity contribution in [2.45, 2.75) is 45.5 Å². The third-order valence-electron chi connectivity index (χ3n) is 6.12. The largest absolute Gasteiger partial charge is 0.502 e. The summed E-state index contributed by atoms with van der Waals surface area (Å²) in [5, 5.41) is 14.8. The lowest BCUT2D eigenvalue weighted by atomic mass is 10.1. The maximum Gasteiger partial charge on any atom is 0.278 e. The number of aromatic hydroxyl groups is 1. The number of pyridine rings is 2. The van der Waals surface area contributed by atoms with Crippen molar-refractivity contribution in [2.24, 2.45) is 0 Å². The number of ether oxygens (including phenoxy) is 1. The van der Waals surface area contributed by atoms with Gasteiger partial charge in [0, 0.05) is 31.5 Å². The molecular formula is C22H25F2N5O5. The van der Waals surface area contributed by atoms with Crippen LogP contribution in [0.5, 0.6) is 5.75 Å². The van der Waals surface area contributed by atoms with Crippen LogP contribution in [-0.2, 0) is 11.3 Å². The fourth-order valence-corrected chi connectivity index (χ4v) is 4.29. The monoisotopic (exact) mass is 477 g/mol. The van der Waals surface area contributed by atoms with E-state index in [4.69, 9.17) is 4.74 Å². The fourth-order valence-electron chi connectivity index (χ4n) is 4.29. The number of rotatable bonds is 6. The van der Waals surface area contributed by atoms with Crippen LogP contribution in [0.4, 0.5) is 8.78 Å². The first-order valence-electron chi connectivity index (χ1n) is 11.0. The minimum Gasteiger partial charge on any atom is -0.502 e. The van der Waals surface area contributed by atoms with Crippen LogP contribution in [0, 0.1) is 11.9 Å². The molecular weight excluding hydrogens is 452 g/mol. The van der Waals surface area contributed by atoms with Crippen LogP contribution in [0.15, 0.2) is 23.1 Å². The Bertz CT molecular complexity index is 1180. The maximum atomic E-state index is 13.8. The molecule has 2 N–H and O–H groups in total. The van der Waals surface area contributed by atoms with Crippen LogP contribution >= 0.6 is 0 Å². The normalized spacial score (nSPS) is 19.9. The van der Waals surface area contributed by atoms with E-state index in [2.05, 4.69) is 10.3 Å². The quantitative estimate of drug-likeness (QED) is 0.599. The van der Waals surface area contributed by atoms with Crippen LogP contribution in [0.3, 0.4) is 0 Å². The molecule has 4 heterocycles. The highest BCUT2D eigenvalue weighted by Gasteiger charge is 2.39. The lowest BCUT2D eigenvalue weighted by Gasteiger charge is -2.45. The summed E-state index contributed by atoms with van der Waals surface area (Å²) in [7, 11) is 0. The highest BCUT2D eigenvalue weighted by atomic mass is 19.1. The van der Waals surface area contributed by atoms with E-state index in [0.717, 1.165) is 25.0 Å². The second kappa shape index (κ2) is 9.37. The van der Waals surface area contributed by atoms with Crippen LogP contribution in [0.1, 0.15) is 53.1 Å². The number of hydrogen-bond donors (Lipinski definition) is 2. The first-order valence-corrected chi connectivity index (χ1v) is 11.0. The summed E-state index contributed by atoms with van der Waals surface area (Å²) in [4.78, 5) is 43.2. The van der Waals surface area contributed by atoms with Gasteiger partial charge in [0.1, 0.15) is 11.7 Å². The van der Waals surface area contributed by atoms with Crippen molar-refractivity contribution in [3.05, 3.63) is 57.3 Å². The summed E-state index contributed by atoms with van der Waals surface area (Å²) in [6, 6.07) is 2.07. The number of aromatic nitrogens is 2. The average Bonchev–Trinajstić information content (AvgIpc) is 3.31. The Hall–Kier alpha value is -3.54. The van der Waals surface area contributed by atoms with Crippen molar-refractivity contribution < 1.29 is 28.2 Å². The van der Waals surface area contributed by atoms with Gasteiger partial charge in [-0.25, -0.2) is 0 Å². The Morgan fingerprint density at radius 1 is 1.32 bits per heavy atom. The van der Waals surface area contributed by atoms with E-state index in [1.807, 2.05) is 0 Å². The van der Waals surface area contributed by atoms with Crippen LogP contribution in [0.2, 0.25) is 0 Å². The van der Waals surface area contributed by atoms with Gasteiger partial charge in [-0.2, -0.15) is 13.8 Å². The maximum absolute atomic E-state index is 13.8. The number of nitrogens with one attached hydrogen (secondary N) is 1. The van der Waals surface area contributed by atoms with E-state index in [1.165, 1.54) is 15.8 Å². The van der Waals surface area contributed by atoms with Crippen LogP contribution in [0.25, 0.3) is 0 Å². The average molecular weight is 477 g/mol. The van der Waals surface area contributed by atoms with Crippen molar-refractivity contribution in [1.29, 1.82) is 0 Å². The van der Waals surface area contributed by atoms with Gasteiger partial charge in [-0.1, -0.05) is 0 Å². The number of amides is 2. The fraction of sp³-hybridized carbons (Fsp3) is 0.455. The summed E-state index contributed by atoms with van der Waals surface area (Å²) < 4.78 is 33.9. The van der Waals surface area contributed by atoms with E-state index < -0.39 is 46.6 Å². The van der Waals surface area contributed by atoms with Crippen molar-refractivity contribution in [2.75, 3.05) is 24.7 Å². The molecule has 2 amide bonds. The molecule has 0 unspecified atom stereocenters. The molecule has 10 nitrogen and oxygen atoms in total. The molecule has 2 aliphatic heterocycles. The number of fused-ring (bicyclic) bond motifs is 1. The molecule has 0 saturated carbocycles. The Labute approximate surface area is 193 Å². The minimum absolute atomic E-state index is 0.0839. The number of nitrogens with zero attached hydrogens (tertiary/aromatic N) is 4. The summed E-state index contributed by atoms with van der Waals surface area (Å²) in [6.07, 6.45) is 2.35. The molecule has 1 saturated heterocycles. The third kappa shape index (κ3) is 4.20. The van der Waals surface area contributed by atoms with Crippen molar-refractivity contribution in [1.82, 2.24) is 19.9 Å². The van der Waals surface area contributed by atoms with Gasteiger partial charge in [0.15, 0.2) is 11.4 Å². The Balaban J connectivity index is 1.69. The first kappa shape index (κ1) is 23.6. The van der Waals surface area contributed by atoms with Gasteiger partial charge >= 0.3 is 0 Å². The number of halogens is 2. The topological polar surface area (TPSA) is 117 Å². The molecule has 0 radical (unpaired) electrons. The van der Waals surface area contributed by atoms with Crippen molar-refractivity contribution in [3.63, 3.8) is 0 Å². The lowest BCUT2D eigenvalue weighted by Crippen LogP contribution is -2.61. The van der Waals surface area contributed by atoms with Crippen molar-refractivity contribution in [3.8, 4) is 5.75 Å². The highest BCUT2D eigenvalue weighted by Crippen LogP contribution is 2.26. The van der Waals surface area contributed by atoms with E-state index in [0.29, 0.717) is 19.7 Å². The van der Waals surface area contributed by atoms with E-state index >= 15 is 0 Å². The molecule has 1 fully saturated rings. The van der Waals surface area contributed by atoms with Gasteiger partial charge in [0.25, 0.3) is 11.8 Å². The highest BCUT2D eigenvalue weighted by molar-refractivity contribution is 5.99. The second-order valence-electron chi connectivity index (χ2n) is 8.16. The summed E-state index contributed by atoms with van der Waals surface area (Å²) in [5.74, 6) is -4.38. The SMILES string of the molecule is CCN1C(=O)c2c(O)c(=O)c(C(=O)NCc3ccc(F)nc3F)cn2N(C[C@@H]2CCCO2)[C@H]1C. The van der Waals surface area contributed by atoms with E-state index in [9.17, 15) is 28.3 Å². The molecule has 4 rings (SSSR count). The van der Waals surface area contributed by atoms with Gasteiger partial charge in [-0.05, 0) is 38.8 Å². The van der Waals surface area contributed by atoms with Gasteiger partial charge in [-0.15, -0.1) is 0 Å². The van der Waals surface area contributed by atoms with Crippen LogP contribution in [-0.4, -0.2) is 63.4 Å². The number of carbonyl (C=O) groups is 2. The zero-order valence-corrected chi connectivity index (χ0v) is 18.8.